The number of ether oxygens (including phenoxy) is 10. The SMILES string of the molecule is CO[C@@H]1[C@@H](OC)[C@H](O[C@H]2[C@H](OC(C)=O)[C@@H](OCc3ccccc3)C(O)O[C@@H]2COC(C)=O)O[C@H](C(=O)OCc2ccccc2)[C@H]1OC(=O)CCC(C)=O. The Morgan fingerprint density at radius 1 is 0.660 bits per heavy atom. The number of aliphatic hydroxyl groups excluding tert-OH is 1. The Labute approximate surface area is 306 Å². The van der Waals surface area contributed by atoms with Gasteiger partial charge in [-0.05, 0) is 18.1 Å². The highest BCUT2D eigenvalue weighted by Crippen LogP contribution is 2.35. The minimum absolute atomic E-state index is 0.0244. The molecule has 2 aromatic rings. The minimum atomic E-state index is -1.68. The van der Waals surface area contributed by atoms with Crippen LogP contribution in [0.25, 0.3) is 0 Å². The van der Waals surface area contributed by atoms with Crippen LogP contribution in [0.1, 0.15) is 44.7 Å². The number of esters is 4. The highest BCUT2D eigenvalue weighted by atomic mass is 16.8. The van der Waals surface area contributed by atoms with Crippen LogP contribution in [-0.4, -0.2) is 117 Å². The molecule has 0 spiro atoms. The van der Waals surface area contributed by atoms with Gasteiger partial charge in [0.05, 0.1) is 13.0 Å². The predicted molar refractivity (Wildman–Crippen MR) is 179 cm³/mol. The van der Waals surface area contributed by atoms with Crippen molar-refractivity contribution in [1.29, 1.82) is 0 Å². The second-order valence-electron chi connectivity index (χ2n) is 12.4. The van der Waals surface area contributed by atoms with Crippen molar-refractivity contribution in [2.45, 2.75) is 108 Å². The Balaban J connectivity index is 1.69. The summed E-state index contributed by atoms with van der Waals surface area (Å²) in [6, 6.07) is 17.8. The lowest BCUT2D eigenvalue weighted by molar-refractivity contribution is -0.359. The second kappa shape index (κ2) is 20.2. The molecule has 4 rings (SSSR count). The third-order valence-electron chi connectivity index (χ3n) is 8.38. The normalized spacial score (nSPS) is 28.3. The molecule has 0 amide bonds. The van der Waals surface area contributed by atoms with Gasteiger partial charge in [-0.1, -0.05) is 60.7 Å². The van der Waals surface area contributed by atoms with Crippen molar-refractivity contribution >= 4 is 29.7 Å². The molecule has 16 heteroatoms. The smallest absolute Gasteiger partial charge is 0.339 e. The number of carbonyl (C=O) groups excluding carboxylic acids is 5. The summed E-state index contributed by atoms with van der Waals surface area (Å²) in [6.07, 6.45) is -14.6. The molecule has 290 valence electrons. The highest BCUT2D eigenvalue weighted by Gasteiger charge is 2.56. The first-order chi connectivity index (χ1) is 25.4. The number of methoxy groups -OCH3 is 2. The molecule has 53 heavy (non-hydrogen) atoms. The van der Waals surface area contributed by atoms with Crippen molar-refractivity contribution in [3.05, 3.63) is 71.8 Å². The van der Waals surface area contributed by atoms with Gasteiger partial charge in [-0.15, -0.1) is 0 Å². The number of aliphatic hydroxyl groups is 1. The molecule has 1 N–H and O–H groups in total. The average Bonchev–Trinajstić information content (AvgIpc) is 3.13. The van der Waals surface area contributed by atoms with Crippen LogP contribution in [0.3, 0.4) is 0 Å². The molecule has 0 bridgehead atoms. The monoisotopic (exact) mass is 746 g/mol. The molecule has 0 saturated carbocycles. The van der Waals surface area contributed by atoms with Crippen LogP contribution < -0.4 is 0 Å². The van der Waals surface area contributed by atoms with Crippen LogP contribution >= 0.6 is 0 Å². The van der Waals surface area contributed by atoms with Gasteiger partial charge in [0.25, 0.3) is 0 Å². The van der Waals surface area contributed by atoms with Gasteiger partial charge < -0.3 is 57.3 Å². The van der Waals surface area contributed by atoms with E-state index in [1.54, 1.807) is 54.6 Å². The van der Waals surface area contributed by atoms with Gasteiger partial charge >= 0.3 is 23.9 Å². The lowest BCUT2D eigenvalue weighted by Gasteiger charge is -2.48. The lowest BCUT2D eigenvalue weighted by atomic mass is 9.96. The van der Waals surface area contributed by atoms with Crippen LogP contribution in [0, 0.1) is 0 Å². The third-order valence-corrected chi connectivity index (χ3v) is 8.38. The maximum atomic E-state index is 13.7. The highest BCUT2D eigenvalue weighted by molar-refractivity contribution is 5.81. The Morgan fingerprint density at radius 3 is 1.85 bits per heavy atom. The van der Waals surface area contributed by atoms with Gasteiger partial charge in [-0.3, -0.25) is 14.4 Å². The van der Waals surface area contributed by atoms with E-state index in [9.17, 15) is 29.1 Å². The first-order valence-corrected chi connectivity index (χ1v) is 17.0. The number of hydrogen-bond acceptors (Lipinski definition) is 16. The standard InChI is InChI=1S/C37H46O16/c1-21(38)16-17-27(41)51-31-29(44-4)34(45-5)37(53-33(31)35(42)48-19-25-14-10-7-11-15-25)52-28-26(20-46-22(2)39)50-36(43)32(30(28)49-23(3)40)47-18-24-12-8-6-9-13-24/h6-15,26,28-34,36-37,43H,16-20H2,1-5H3/t26-,28-,29+,30+,31+,32-,33+,34-,36?,37-/m1/s1. The Morgan fingerprint density at radius 2 is 1.28 bits per heavy atom. The van der Waals surface area contributed by atoms with Gasteiger partial charge in [0.2, 0.25) is 0 Å². The molecule has 2 saturated heterocycles. The molecule has 2 aliphatic rings. The number of carbonyl (C=O) groups is 5. The van der Waals surface area contributed by atoms with Gasteiger partial charge in [0.15, 0.2) is 30.9 Å². The molecular formula is C37H46O16. The predicted octanol–water partition coefficient (Wildman–Crippen LogP) is 1.95. The summed E-state index contributed by atoms with van der Waals surface area (Å²) in [6.45, 7) is 3.00. The van der Waals surface area contributed by atoms with Crippen LogP contribution in [0.2, 0.25) is 0 Å². The lowest BCUT2D eigenvalue weighted by Crippen LogP contribution is -2.67. The summed E-state index contributed by atoms with van der Waals surface area (Å²) in [5, 5.41) is 11.1. The molecule has 0 aromatic heterocycles. The van der Waals surface area contributed by atoms with Crippen LogP contribution in [0.15, 0.2) is 60.7 Å². The van der Waals surface area contributed by atoms with E-state index in [0.29, 0.717) is 5.56 Å². The first-order valence-electron chi connectivity index (χ1n) is 17.0. The molecule has 1 unspecified atom stereocenters. The summed E-state index contributed by atoms with van der Waals surface area (Å²) in [5.41, 5.74) is 1.40. The maximum absolute atomic E-state index is 13.7. The van der Waals surface area contributed by atoms with E-state index in [0.717, 1.165) is 12.5 Å². The van der Waals surface area contributed by atoms with E-state index in [1.165, 1.54) is 28.1 Å². The molecule has 2 aliphatic heterocycles. The minimum Gasteiger partial charge on any atom is -0.463 e. The van der Waals surface area contributed by atoms with Crippen LogP contribution in [0.4, 0.5) is 0 Å². The number of Topliss-reactive ketones (excluding diaryl/α,β-unsaturated/α-hetero) is 1. The van der Waals surface area contributed by atoms with E-state index in [2.05, 4.69) is 0 Å². The zero-order valence-corrected chi connectivity index (χ0v) is 30.2. The van der Waals surface area contributed by atoms with Crippen LogP contribution in [-0.2, 0) is 84.6 Å². The topological polar surface area (TPSA) is 198 Å². The number of hydrogen-bond donors (Lipinski definition) is 1. The van der Waals surface area contributed by atoms with Crippen molar-refractivity contribution in [1.82, 2.24) is 0 Å². The van der Waals surface area contributed by atoms with E-state index >= 15 is 0 Å². The van der Waals surface area contributed by atoms with Gasteiger partial charge in [0, 0.05) is 34.5 Å². The van der Waals surface area contributed by atoms with Crippen molar-refractivity contribution in [3.8, 4) is 0 Å². The molecule has 2 fully saturated rings. The number of benzene rings is 2. The van der Waals surface area contributed by atoms with E-state index in [-0.39, 0.29) is 31.8 Å². The molecule has 10 atom stereocenters. The quantitative estimate of drug-likeness (QED) is 0.182. The third kappa shape index (κ3) is 11.9. The molecule has 0 radical (unpaired) electrons. The largest absolute Gasteiger partial charge is 0.463 e. The summed E-state index contributed by atoms with van der Waals surface area (Å²) < 4.78 is 58.1. The Hall–Kier alpha value is -4.29. The van der Waals surface area contributed by atoms with E-state index in [4.69, 9.17) is 47.4 Å². The number of rotatable bonds is 17. The fraction of sp³-hybridized carbons (Fsp3) is 0.541. The summed E-state index contributed by atoms with van der Waals surface area (Å²) in [4.78, 5) is 62.6. The average molecular weight is 747 g/mol. The van der Waals surface area contributed by atoms with Gasteiger partial charge in [-0.2, -0.15) is 0 Å². The van der Waals surface area contributed by atoms with Crippen molar-refractivity contribution in [2.24, 2.45) is 0 Å². The summed E-state index contributed by atoms with van der Waals surface area (Å²) in [5.74, 6) is -3.44. The van der Waals surface area contributed by atoms with Crippen LogP contribution in [0.5, 0.6) is 0 Å². The maximum Gasteiger partial charge on any atom is 0.339 e. The summed E-state index contributed by atoms with van der Waals surface area (Å²) in [7, 11) is 2.59. The zero-order valence-electron chi connectivity index (χ0n) is 30.2. The molecular weight excluding hydrogens is 700 g/mol. The zero-order chi connectivity index (χ0) is 38.5. The van der Waals surface area contributed by atoms with Crippen molar-refractivity contribution in [3.63, 3.8) is 0 Å². The molecule has 2 heterocycles. The molecule has 2 aromatic carbocycles. The second-order valence-corrected chi connectivity index (χ2v) is 12.4. The number of ketones is 1. The van der Waals surface area contributed by atoms with E-state index < -0.39 is 91.9 Å². The van der Waals surface area contributed by atoms with Crippen molar-refractivity contribution in [2.75, 3.05) is 20.8 Å². The molecule has 0 aliphatic carbocycles. The fourth-order valence-electron chi connectivity index (χ4n) is 5.87. The van der Waals surface area contributed by atoms with Gasteiger partial charge in [0.1, 0.15) is 49.5 Å². The fourth-order valence-corrected chi connectivity index (χ4v) is 5.87. The van der Waals surface area contributed by atoms with E-state index in [1.807, 2.05) is 6.07 Å². The molecule has 16 nitrogen and oxygen atoms in total. The first kappa shape index (κ1) is 41.5. The Kier molecular flexibility index (Phi) is 15.8. The summed E-state index contributed by atoms with van der Waals surface area (Å²) >= 11 is 0. The van der Waals surface area contributed by atoms with Gasteiger partial charge in [-0.25, -0.2) is 4.79 Å². The Bertz CT molecular complexity index is 1500. The van der Waals surface area contributed by atoms with Crippen molar-refractivity contribution < 1.29 is 76.4 Å².